The second-order valence-electron chi connectivity index (χ2n) is 5.65. The highest BCUT2D eigenvalue weighted by Gasteiger charge is 2.15. The van der Waals surface area contributed by atoms with E-state index >= 15 is 0 Å². The quantitative estimate of drug-likeness (QED) is 0.564. The van der Waals surface area contributed by atoms with E-state index in [0.29, 0.717) is 17.3 Å². The Morgan fingerprint density at radius 3 is 3.04 bits per heavy atom. The minimum absolute atomic E-state index is 0.100. The molecule has 0 radical (unpaired) electrons. The van der Waals surface area contributed by atoms with E-state index in [1.54, 1.807) is 43.0 Å². The lowest BCUT2D eigenvalue weighted by atomic mass is 10.2. The van der Waals surface area contributed by atoms with E-state index in [9.17, 15) is 4.79 Å². The summed E-state index contributed by atoms with van der Waals surface area (Å²) in [6.07, 6.45) is 6.60. The summed E-state index contributed by atoms with van der Waals surface area (Å²) in [5.41, 5.74) is 2.68. The number of aryl methyl sites for hydroxylation is 1. The largest absolute Gasteiger partial charge is 0.350 e. The van der Waals surface area contributed by atoms with Crippen LogP contribution in [0, 0.1) is 6.92 Å². The SMILES string of the molecule is Cc1ccnc(-n2cc(CNC(=O)c3cc(-c4cccnc4)no3)nn2)n1. The van der Waals surface area contributed by atoms with Crippen LogP contribution in [0.3, 0.4) is 0 Å². The Bertz CT molecular complexity index is 1070. The molecule has 10 heteroatoms. The summed E-state index contributed by atoms with van der Waals surface area (Å²) in [7, 11) is 0. The van der Waals surface area contributed by atoms with Crippen molar-refractivity contribution in [3.05, 3.63) is 66.2 Å². The number of carbonyl (C=O) groups is 1. The number of aromatic nitrogens is 7. The number of amides is 1. The van der Waals surface area contributed by atoms with Crippen LogP contribution in [0.4, 0.5) is 0 Å². The second-order valence-corrected chi connectivity index (χ2v) is 5.65. The summed E-state index contributed by atoms with van der Waals surface area (Å²) in [6, 6.07) is 6.96. The van der Waals surface area contributed by atoms with Crippen LogP contribution in [0.1, 0.15) is 21.9 Å². The zero-order chi connectivity index (χ0) is 18.6. The first-order valence-electron chi connectivity index (χ1n) is 8.05. The van der Waals surface area contributed by atoms with Crippen molar-refractivity contribution in [2.45, 2.75) is 13.5 Å². The molecule has 0 fully saturated rings. The lowest BCUT2D eigenvalue weighted by Crippen LogP contribution is -2.22. The molecule has 4 heterocycles. The fourth-order valence-corrected chi connectivity index (χ4v) is 2.31. The third-order valence-electron chi connectivity index (χ3n) is 3.65. The molecule has 0 saturated heterocycles. The molecule has 1 N–H and O–H groups in total. The summed E-state index contributed by atoms with van der Waals surface area (Å²) < 4.78 is 6.55. The molecule has 0 aliphatic rings. The number of nitrogens with zero attached hydrogens (tertiary/aromatic N) is 7. The van der Waals surface area contributed by atoms with Gasteiger partial charge < -0.3 is 9.84 Å². The average Bonchev–Trinajstić information content (AvgIpc) is 3.37. The highest BCUT2D eigenvalue weighted by molar-refractivity contribution is 5.92. The molecule has 0 atom stereocenters. The van der Waals surface area contributed by atoms with E-state index in [1.165, 1.54) is 4.68 Å². The minimum atomic E-state index is -0.404. The van der Waals surface area contributed by atoms with Gasteiger partial charge in [-0.15, -0.1) is 5.10 Å². The summed E-state index contributed by atoms with van der Waals surface area (Å²) in [5, 5.41) is 14.6. The predicted molar refractivity (Wildman–Crippen MR) is 92.6 cm³/mol. The Morgan fingerprint density at radius 1 is 1.30 bits per heavy atom. The van der Waals surface area contributed by atoms with E-state index < -0.39 is 5.91 Å². The Balaban J connectivity index is 1.41. The molecule has 0 saturated carbocycles. The summed E-state index contributed by atoms with van der Waals surface area (Å²) in [6.45, 7) is 2.04. The maximum atomic E-state index is 12.2. The molecule has 10 nitrogen and oxygen atoms in total. The molecule has 0 unspecified atom stereocenters. The summed E-state index contributed by atoms with van der Waals surface area (Å²) in [5.74, 6) is 0.110. The van der Waals surface area contributed by atoms with Gasteiger partial charge in [0.25, 0.3) is 11.9 Å². The molecule has 4 rings (SSSR count). The van der Waals surface area contributed by atoms with Gasteiger partial charge in [0.15, 0.2) is 0 Å². The van der Waals surface area contributed by atoms with Crippen LogP contribution < -0.4 is 5.32 Å². The van der Waals surface area contributed by atoms with Crippen LogP contribution in [0.2, 0.25) is 0 Å². The van der Waals surface area contributed by atoms with Gasteiger partial charge in [-0.25, -0.2) is 9.97 Å². The van der Waals surface area contributed by atoms with Gasteiger partial charge in [-0.2, -0.15) is 4.68 Å². The van der Waals surface area contributed by atoms with Crippen LogP contribution in [0.5, 0.6) is 0 Å². The standard InChI is InChI=1S/C17H14N8O2/c1-11-4-6-19-17(21-11)25-10-13(22-24-25)9-20-16(26)15-7-14(23-27-15)12-3-2-5-18-8-12/h2-8,10H,9H2,1H3,(H,20,26). The number of rotatable bonds is 5. The molecule has 0 aromatic carbocycles. The van der Waals surface area contributed by atoms with E-state index in [-0.39, 0.29) is 12.3 Å². The van der Waals surface area contributed by atoms with Crippen LogP contribution >= 0.6 is 0 Å². The molecule has 134 valence electrons. The Labute approximate surface area is 153 Å². The zero-order valence-electron chi connectivity index (χ0n) is 14.3. The van der Waals surface area contributed by atoms with E-state index in [4.69, 9.17) is 4.52 Å². The second kappa shape index (κ2) is 7.12. The average molecular weight is 362 g/mol. The molecule has 4 aromatic heterocycles. The molecule has 0 aliphatic carbocycles. The van der Waals surface area contributed by atoms with Crippen LogP contribution in [-0.2, 0) is 6.54 Å². The third kappa shape index (κ3) is 3.68. The Hall–Kier alpha value is -3.95. The van der Waals surface area contributed by atoms with Crippen LogP contribution in [0.15, 0.2) is 53.6 Å². The first-order chi connectivity index (χ1) is 13.2. The molecule has 0 spiro atoms. The van der Waals surface area contributed by atoms with Crippen LogP contribution in [-0.4, -0.2) is 41.0 Å². The molecule has 1 amide bonds. The van der Waals surface area contributed by atoms with Gasteiger partial charge in [0.05, 0.1) is 12.7 Å². The van der Waals surface area contributed by atoms with Crippen molar-refractivity contribution in [3.8, 4) is 17.2 Å². The summed E-state index contributed by atoms with van der Waals surface area (Å²) >= 11 is 0. The fourth-order valence-electron chi connectivity index (χ4n) is 2.31. The first-order valence-corrected chi connectivity index (χ1v) is 8.05. The minimum Gasteiger partial charge on any atom is -0.350 e. The predicted octanol–water partition coefficient (Wildman–Crippen LogP) is 1.35. The highest BCUT2D eigenvalue weighted by Crippen LogP contribution is 2.17. The highest BCUT2D eigenvalue weighted by atomic mass is 16.5. The maximum Gasteiger partial charge on any atom is 0.290 e. The van der Waals surface area contributed by atoms with Crippen molar-refractivity contribution in [2.75, 3.05) is 0 Å². The van der Waals surface area contributed by atoms with E-state index in [0.717, 1.165) is 11.3 Å². The number of nitrogens with one attached hydrogen (secondary N) is 1. The maximum absolute atomic E-state index is 12.2. The zero-order valence-corrected chi connectivity index (χ0v) is 14.3. The Kier molecular flexibility index (Phi) is 4.35. The van der Waals surface area contributed by atoms with E-state index in [2.05, 4.69) is 35.7 Å². The molecular formula is C17H14N8O2. The Morgan fingerprint density at radius 2 is 2.22 bits per heavy atom. The van der Waals surface area contributed by atoms with Gasteiger partial charge in [0, 0.05) is 35.9 Å². The van der Waals surface area contributed by atoms with Gasteiger partial charge in [0.1, 0.15) is 11.4 Å². The fraction of sp³-hybridized carbons (Fsp3) is 0.118. The monoisotopic (exact) mass is 362 g/mol. The number of carbonyl (C=O) groups excluding carboxylic acids is 1. The molecule has 27 heavy (non-hydrogen) atoms. The molecule has 4 aromatic rings. The van der Waals surface area contributed by atoms with Gasteiger partial charge in [-0.05, 0) is 25.1 Å². The number of hydrogen-bond donors (Lipinski definition) is 1. The van der Waals surface area contributed by atoms with E-state index in [1.807, 2.05) is 13.0 Å². The topological polar surface area (TPSA) is 125 Å². The first kappa shape index (κ1) is 16.5. The number of pyridine rings is 1. The summed E-state index contributed by atoms with van der Waals surface area (Å²) in [4.78, 5) is 24.7. The molecule has 0 aliphatic heterocycles. The van der Waals surface area contributed by atoms with Crippen molar-refractivity contribution in [1.29, 1.82) is 0 Å². The van der Waals surface area contributed by atoms with Gasteiger partial charge in [-0.1, -0.05) is 10.4 Å². The van der Waals surface area contributed by atoms with Crippen molar-refractivity contribution in [1.82, 2.24) is 40.4 Å². The number of hydrogen-bond acceptors (Lipinski definition) is 8. The molecular weight excluding hydrogens is 348 g/mol. The van der Waals surface area contributed by atoms with Gasteiger partial charge in [0.2, 0.25) is 5.76 Å². The lowest BCUT2D eigenvalue weighted by molar-refractivity contribution is 0.0913. The van der Waals surface area contributed by atoms with Crippen molar-refractivity contribution in [2.24, 2.45) is 0 Å². The third-order valence-corrected chi connectivity index (χ3v) is 3.65. The van der Waals surface area contributed by atoms with Crippen molar-refractivity contribution < 1.29 is 9.32 Å². The van der Waals surface area contributed by atoms with Crippen LogP contribution in [0.25, 0.3) is 17.2 Å². The van der Waals surface area contributed by atoms with Crippen molar-refractivity contribution >= 4 is 5.91 Å². The van der Waals surface area contributed by atoms with Gasteiger partial charge in [-0.3, -0.25) is 9.78 Å². The normalized spacial score (nSPS) is 10.7. The smallest absolute Gasteiger partial charge is 0.290 e. The van der Waals surface area contributed by atoms with Crippen molar-refractivity contribution in [3.63, 3.8) is 0 Å². The molecule has 0 bridgehead atoms. The van der Waals surface area contributed by atoms with Gasteiger partial charge >= 0.3 is 0 Å². The lowest BCUT2D eigenvalue weighted by Gasteiger charge is -1.99.